The molecule has 0 aliphatic heterocycles. The van der Waals surface area contributed by atoms with E-state index >= 15 is 0 Å². The number of ether oxygens (including phenoxy) is 1. The summed E-state index contributed by atoms with van der Waals surface area (Å²) in [6, 6.07) is 18.1. The fourth-order valence-corrected chi connectivity index (χ4v) is 5.93. The summed E-state index contributed by atoms with van der Waals surface area (Å²) in [6.45, 7) is 4.87. The summed E-state index contributed by atoms with van der Waals surface area (Å²) in [6.07, 6.45) is 0.303. The van der Waals surface area contributed by atoms with E-state index in [9.17, 15) is 18.0 Å². The first-order valence-corrected chi connectivity index (χ1v) is 14.9. The molecule has 0 saturated heterocycles. The van der Waals surface area contributed by atoms with Crippen LogP contribution >= 0.6 is 23.2 Å². The number of benzene rings is 3. The number of sulfonamides is 1. The zero-order chi connectivity index (χ0) is 29.4. The molecule has 2 amide bonds. The SMILES string of the molecule is CCC(C(=O)NC(C)C)N(Cc1ccccc1Cl)C(=O)CN(c1cccc(Cl)c1)S(=O)(=O)c1ccc(OC)cc1. The molecule has 8 nitrogen and oxygen atoms in total. The number of anilines is 1. The van der Waals surface area contributed by atoms with Gasteiger partial charge in [-0.15, -0.1) is 0 Å². The predicted octanol–water partition coefficient (Wildman–Crippen LogP) is 5.53. The van der Waals surface area contributed by atoms with Crippen molar-refractivity contribution in [2.75, 3.05) is 18.0 Å². The van der Waals surface area contributed by atoms with Gasteiger partial charge in [-0.1, -0.05) is 54.4 Å². The fourth-order valence-electron chi connectivity index (χ4n) is 4.15. The van der Waals surface area contributed by atoms with E-state index in [2.05, 4.69) is 5.32 Å². The maximum atomic E-state index is 14.0. The molecular formula is C29H33Cl2N3O5S. The Morgan fingerprint density at radius 1 is 0.975 bits per heavy atom. The van der Waals surface area contributed by atoms with Crippen molar-refractivity contribution in [3.63, 3.8) is 0 Å². The number of carbonyl (C=O) groups is 2. The molecule has 11 heteroatoms. The van der Waals surface area contributed by atoms with E-state index in [0.29, 0.717) is 27.8 Å². The molecule has 0 spiro atoms. The van der Waals surface area contributed by atoms with Crippen molar-refractivity contribution < 1.29 is 22.7 Å². The van der Waals surface area contributed by atoms with Gasteiger partial charge in [-0.3, -0.25) is 13.9 Å². The van der Waals surface area contributed by atoms with Gasteiger partial charge in [0.2, 0.25) is 11.8 Å². The molecule has 0 saturated carbocycles. The van der Waals surface area contributed by atoms with Gasteiger partial charge in [-0.05, 0) is 74.4 Å². The molecule has 0 heterocycles. The number of halogens is 2. The molecule has 214 valence electrons. The lowest BCUT2D eigenvalue weighted by Crippen LogP contribution is -2.53. The Balaban J connectivity index is 2.08. The van der Waals surface area contributed by atoms with E-state index in [1.54, 1.807) is 49.4 Å². The van der Waals surface area contributed by atoms with Gasteiger partial charge in [0.1, 0.15) is 18.3 Å². The Morgan fingerprint density at radius 2 is 1.65 bits per heavy atom. The number of hydrogen-bond acceptors (Lipinski definition) is 5. The lowest BCUT2D eigenvalue weighted by molar-refractivity contribution is -0.140. The standard InChI is InChI=1S/C29H33Cl2N3O5S/c1-5-27(29(36)32-20(2)3)33(18-21-9-6-7-12-26(21)31)28(35)19-34(23-11-8-10-22(30)17-23)40(37,38)25-15-13-24(39-4)14-16-25/h6-17,20,27H,5,18-19H2,1-4H3,(H,32,36). The Morgan fingerprint density at radius 3 is 2.23 bits per heavy atom. The summed E-state index contributed by atoms with van der Waals surface area (Å²) in [7, 11) is -2.75. The van der Waals surface area contributed by atoms with E-state index in [-0.39, 0.29) is 29.1 Å². The van der Waals surface area contributed by atoms with Crippen LogP contribution in [-0.2, 0) is 26.2 Å². The molecule has 0 aromatic heterocycles. The molecule has 0 fully saturated rings. The molecule has 3 rings (SSSR count). The highest BCUT2D eigenvalue weighted by atomic mass is 35.5. The fraction of sp³-hybridized carbons (Fsp3) is 0.310. The lowest BCUT2D eigenvalue weighted by atomic mass is 10.1. The average molecular weight is 607 g/mol. The van der Waals surface area contributed by atoms with Gasteiger partial charge in [-0.2, -0.15) is 0 Å². The first-order valence-electron chi connectivity index (χ1n) is 12.7. The maximum absolute atomic E-state index is 14.0. The highest BCUT2D eigenvalue weighted by molar-refractivity contribution is 7.92. The van der Waals surface area contributed by atoms with Gasteiger partial charge < -0.3 is 15.0 Å². The monoisotopic (exact) mass is 605 g/mol. The zero-order valence-corrected chi connectivity index (χ0v) is 25.1. The van der Waals surface area contributed by atoms with E-state index < -0.39 is 28.5 Å². The molecule has 1 unspecified atom stereocenters. The van der Waals surface area contributed by atoms with Gasteiger partial charge in [0, 0.05) is 22.6 Å². The molecule has 1 atom stereocenters. The molecule has 3 aromatic carbocycles. The van der Waals surface area contributed by atoms with Crippen molar-refractivity contribution in [3.05, 3.63) is 88.4 Å². The Labute approximate surface area is 245 Å². The highest BCUT2D eigenvalue weighted by Crippen LogP contribution is 2.28. The second kappa shape index (κ2) is 13.9. The Bertz CT molecular complexity index is 1430. The van der Waals surface area contributed by atoms with Crippen LogP contribution in [0.4, 0.5) is 5.69 Å². The van der Waals surface area contributed by atoms with Gasteiger partial charge in [0.15, 0.2) is 0 Å². The summed E-state index contributed by atoms with van der Waals surface area (Å²) in [4.78, 5) is 28.6. The van der Waals surface area contributed by atoms with Crippen LogP contribution in [0.15, 0.2) is 77.7 Å². The molecule has 0 aliphatic carbocycles. The van der Waals surface area contributed by atoms with Gasteiger partial charge in [-0.25, -0.2) is 8.42 Å². The molecule has 3 aromatic rings. The third kappa shape index (κ3) is 7.68. The van der Waals surface area contributed by atoms with E-state index in [4.69, 9.17) is 27.9 Å². The summed E-state index contributed by atoms with van der Waals surface area (Å²) in [5.74, 6) is -0.440. The van der Waals surface area contributed by atoms with Gasteiger partial charge in [0.05, 0.1) is 17.7 Å². The van der Waals surface area contributed by atoms with Crippen LogP contribution in [0.1, 0.15) is 32.8 Å². The maximum Gasteiger partial charge on any atom is 0.264 e. The summed E-state index contributed by atoms with van der Waals surface area (Å²) < 4.78 is 34.0. The number of methoxy groups -OCH3 is 1. The number of nitrogens with zero attached hydrogens (tertiary/aromatic N) is 2. The van der Waals surface area contributed by atoms with Gasteiger partial charge in [0.25, 0.3) is 10.0 Å². The van der Waals surface area contributed by atoms with Crippen LogP contribution < -0.4 is 14.4 Å². The smallest absolute Gasteiger partial charge is 0.264 e. The quantitative estimate of drug-likeness (QED) is 0.293. The Kier molecular flexibility index (Phi) is 10.8. The van der Waals surface area contributed by atoms with Crippen molar-refractivity contribution >= 4 is 50.7 Å². The van der Waals surface area contributed by atoms with Crippen molar-refractivity contribution in [2.24, 2.45) is 0 Å². The van der Waals surface area contributed by atoms with Crippen molar-refractivity contribution in [3.8, 4) is 5.75 Å². The molecule has 0 radical (unpaired) electrons. The second-order valence-electron chi connectivity index (χ2n) is 9.37. The third-order valence-corrected chi connectivity index (χ3v) is 8.53. The Hall–Kier alpha value is -3.27. The number of hydrogen-bond donors (Lipinski definition) is 1. The van der Waals surface area contributed by atoms with Crippen molar-refractivity contribution in [1.29, 1.82) is 0 Å². The largest absolute Gasteiger partial charge is 0.497 e. The van der Waals surface area contributed by atoms with Crippen LogP contribution in [-0.4, -0.2) is 50.9 Å². The number of carbonyl (C=O) groups excluding carboxylic acids is 2. The topological polar surface area (TPSA) is 96.0 Å². The molecule has 0 bridgehead atoms. The van der Waals surface area contributed by atoms with E-state index in [0.717, 1.165) is 4.31 Å². The molecular weight excluding hydrogens is 573 g/mol. The first kappa shape index (κ1) is 31.3. The van der Waals surface area contributed by atoms with Gasteiger partial charge >= 0.3 is 0 Å². The van der Waals surface area contributed by atoms with Crippen LogP contribution in [0, 0.1) is 0 Å². The number of amides is 2. The number of nitrogens with one attached hydrogen (secondary N) is 1. The summed E-state index contributed by atoms with van der Waals surface area (Å²) in [5, 5.41) is 3.59. The van der Waals surface area contributed by atoms with E-state index in [1.807, 2.05) is 13.8 Å². The van der Waals surface area contributed by atoms with Crippen molar-refractivity contribution in [2.45, 2.75) is 50.7 Å². The normalized spacial score (nSPS) is 12.1. The molecule has 40 heavy (non-hydrogen) atoms. The summed E-state index contributed by atoms with van der Waals surface area (Å²) >= 11 is 12.6. The molecule has 0 aliphatic rings. The van der Waals surface area contributed by atoms with Crippen LogP contribution in [0.2, 0.25) is 10.0 Å². The highest BCUT2D eigenvalue weighted by Gasteiger charge is 2.34. The zero-order valence-electron chi connectivity index (χ0n) is 22.8. The van der Waals surface area contributed by atoms with Crippen LogP contribution in [0.5, 0.6) is 5.75 Å². The lowest BCUT2D eigenvalue weighted by Gasteiger charge is -2.33. The summed E-state index contributed by atoms with van der Waals surface area (Å²) in [5.41, 5.74) is 0.828. The minimum Gasteiger partial charge on any atom is -0.497 e. The third-order valence-electron chi connectivity index (χ3n) is 6.14. The van der Waals surface area contributed by atoms with Crippen LogP contribution in [0.25, 0.3) is 0 Å². The van der Waals surface area contributed by atoms with E-state index in [1.165, 1.54) is 42.3 Å². The average Bonchev–Trinajstić information content (AvgIpc) is 2.92. The van der Waals surface area contributed by atoms with Crippen LogP contribution in [0.3, 0.4) is 0 Å². The molecule has 1 N–H and O–H groups in total. The minimum absolute atomic E-state index is 0.00843. The van der Waals surface area contributed by atoms with Crippen molar-refractivity contribution in [1.82, 2.24) is 10.2 Å². The predicted molar refractivity (Wildman–Crippen MR) is 158 cm³/mol. The minimum atomic E-state index is -4.23. The second-order valence-corrected chi connectivity index (χ2v) is 12.1. The first-order chi connectivity index (χ1) is 19.0. The number of rotatable bonds is 12.